The molecular formula is C9H9BrOS. The second-order valence-corrected chi connectivity index (χ2v) is 4.72. The molecule has 1 heterocycles. The van der Waals surface area contributed by atoms with E-state index in [0.717, 1.165) is 21.5 Å². The van der Waals surface area contributed by atoms with E-state index in [0.29, 0.717) is 0 Å². The van der Waals surface area contributed by atoms with Crippen LogP contribution >= 0.6 is 27.7 Å². The van der Waals surface area contributed by atoms with Gasteiger partial charge in [-0.15, -0.1) is 0 Å². The van der Waals surface area contributed by atoms with Crippen LogP contribution in [-0.2, 0) is 5.75 Å². The number of thioether (sulfide) groups is 1. The van der Waals surface area contributed by atoms with Crippen molar-refractivity contribution < 1.29 is 5.11 Å². The van der Waals surface area contributed by atoms with Crippen molar-refractivity contribution in [3.63, 3.8) is 0 Å². The minimum Gasteiger partial charge on any atom is -0.388 e. The molecule has 0 saturated heterocycles. The maximum Gasteiger partial charge on any atom is 0.0883 e. The Morgan fingerprint density at radius 1 is 1.50 bits per heavy atom. The molecule has 0 aromatic heterocycles. The van der Waals surface area contributed by atoms with Crippen molar-refractivity contribution in [1.29, 1.82) is 0 Å². The average molecular weight is 245 g/mol. The zero-order valence-electron chi connectivity index (χ0n) is 6.46. The van der Waals surface area contributed by atoms with Crippen molar-refractivity contribution in [1.82, 2.24) is 0 Å². The van der Waals surface area contributed by atoms with Crippen LogP contribution in [0.5, 0.6) is 0 Å². The van der Waals surface area contributed by atoms with Crippen molar-refractivity contribution in [3.05, 3.63) is 33.8 Å². The van der Waals surface area contributed by atoms with E-state index < -0.39 is 0 Å². The minimum absolute atomic E-state index is 0.281. The highest BCUT2D eigenvalue weighted by molar-refractivity contribution is 9.10. The van der Waals surface area contributed by atoms with Crippen molar-refractivity contribution in [2.75, 3.05) is 5.75 Å². The molecule has 0 spiro atoms. The number of aliphatic hydroxyl groups is 1. The lowest BCUT2D eigenvalue weighted by molar-refractivity contribution is 0.201. The van der Waals surface area contributed by atoms with E-state index in [2.05, 4.69) is 15.9 Å². The van der Waals surface area contributed by atoms with Gasteiger partial charge in [0, 0.05) is 16.0 Å². The summed E-state index contributed by atoms with van der Waals surface area (Å²) in [5, 5.41) is 9.64. The third-order valence-electron chi connectivity index (χ3n) is 2.04. The monoisotopic (exact) mass is 244 g/mol. The summed E-state index contributed by atoms with van der Waals surface area (Å²) in [4.78, 5) is 0. The third-order valence-corrected chi connectivity index (χ3v) is 3.82. The molecule has 1 N–H and O–H groups in total. The zero-order chi connectivity index (χ0) is 8.55. The van der Waals surface area contributed by atoms with E-state index in [9.17, 15) is 5.11 Å². The van der Waals surface area contributed by atoms with Crippen molar-refractivity contribution in [2.24, 2.45) is 0 Å². The molecule has 12 heavy (non-hydrogen) atoms. The minimum atomic E-state index is -0.281. The summed E-state index contributed by atoms with van der Waals surface area (Å²) in [6, 6.07) is 6.00. The van der Waals surface area contributed by atoms with Gasteiger partial charge in [-0.2, -0.15) is 11.8 Å². The SMILES string of the molecule is OC1CSCc2c(Br)cccc21. The first-order chi connectivity index (χ1) is 5.79. The molecule has 0 amide bonds. The zero-order valence-corrected chi connectivity index (χ0v) is 8.86. The number of rotatable bonds is 0. The predicted octanol–water partition coefficient (Wildman–Crippen LogP) is 2.73. The molecule has 1 aliphatic heterocycles. The number of benzene rings is 1. The number of hydrogen-bond acceptors (Lipinski definition) is 2. The van der Waals surface area contributed by atoms with Gasteiger partial charge >= 0.3 is 0 Å². The van der Waals surface area contributed by atoms with E-state index in [1.807, 2.05) is 18.2 Å². The van der Waals surface area contributed by atoms with Crippen LogP contribution in [0.2, 0.25) is 0 Å². The summed E-state index contributed by atoms with van der Waals surface area (Å²) in [5.41, 5.74) is 2.34. The molecule has 0 radical (unpaired) electrons. The third kappa shape index (κ3) is 1.41. The lowest BCUT2D eigenvalue weighted by Crippen LogP contribution is -2.09. The Kier molecular flexibility index (Phi) is 2.44. The Morgan fingerprint density at radius 2 is 2.33 bits per heavy atom. The fourth-order valence-corrected chi connectivity index (χ4v) is 3.16. The van der Waals surface area contributed by atoms with E-state index in [1.54, 1.807) is 11.8 Å². The van der Waals surface area contributed by atoms with Crippen LogP contribution in [0.3, 0.4) is 0 Å². The number of aliphatic hydroxyl groups excluding tert-OH is 1. The van der Waals surface area contributed by atoms with Gasteiger partial charge in [-0.25, -0.2) is 0 Å². The van der Waals surface area contributed by atoms with Gasteiger partial charge in [-0.1, -0.05) is 28.1 Å². The van der Waals surface area contributed by atoms with Crippen LogP contribution in [0, 0.1) is 0 Å². The van der Waals surface area contributed by atoms with Crippen molar-refractivity contribution >= 4 is 27.7 Å². The molecule has 1 aromatic carbocycles. The second kappa shape index (κ2) is 3.40. The van der Waals surface area contributed by atoms with Crippen LogP contribution in [-0.4, -0.2) is 10.9 Å². The molecule has 1 unspecified atom stereocenters. The normalized spacial score (nSPS) is 22.0. The summed E-state index contributed by atoms with van der Waals surface area (Å²) in [6.45, 7) is 0. The molecule has 0 saturated carbocycles. The average Bonchev–Trinajstić information content (AvgIpc) is 2.07. The molecule has 64 valence electrons. The second-order valence-electron chi connectivity index (χ2n) is 2.84. The molecular weight excluding hydrogens is 236 g/mol. The topological polar surface area (TPSA) is 20.2 Å². The maximum atomic E-state index is 9.64. The fourth-order valence-electron chi connectivity index (χ4n) is 1.40. The van der Waals surface area contributed by atoms with Crippen molar-refractivity contribution in [2.45, 2.75) is 11.9 Å². The lowest BCUT2D eigenvalue weighted by atomic mass is 10.0. The van der Waals surface area contributed by atoms with Gasteiger partial charge in [0.25, 0.3) is 0 Å². The van der Waals surface area contributed by atoms with Crippen LogP contribution in [0.4, 0.5) is 0 Å². The van der Waals surface area contributed by atoms with Crippen LogP contribution in [0.1, 0.15) is 17.2 Å². The predicted molar refractivity (Wildman–Crippen MR) is 55.3 cm³/mol. The summed E-state index contributed by atoms with van der Waals surface area (Å²) < 4.78 is 1.12. The number of halogens is 1. The molecule has 1 atom stereocenters. The first-order valence-electron chi connectivity index (χ1n) is 3.82. The Morgan fingerprint density at radius 3 is 3.08 bits per heavy atom. The summed E-state index contributed by atoms with van der Waals surface area (Å²) >= 11 is 5.26. The first kappa shape index (κ1) is 8.60. The molecule has 0 fully saturated rings. The van der Waals surface area contributed by atoms with Gasteiger partial charge in [-0.05, 0) is 17.2 Å². The molecule has 1 nitrogen and oxygen atoms in total. The Bertz CT molecular complexity index is 301. The van der Waals surface area contributed by atoms with Gasteiger partial charge < -0.3 is 5.11 Å². The van der Waals surface area contributed by atoms with Crippen LogP contribution < -0.4 is 0 Å². The summed E-state index contributed by atoms with van der Waals surface area (Å²) in [6.07, 6.45) is -0.281. The highest BCUT2D eigenvalue weighted by atomic mass is 79.9. The van der Waals surface area contributed by atoms with Crippen molar-refractivity contribution in [3.8, 4) is 0 Å². The van der Waals surface area contributed by atoms with E-state index in [1.165, 1.54) is 5.56 Å². The maximum absolute atomic E-state index is 9.64. The molecule has 1 aromatic rings. The Hall–Kier alpha value is 0.0100. The van der Waals surface area contributed by atoms with Crippen LogP contribution in [0.15, 0.2) is 22.7 Å². The number of fused-ring (bicyclic) bond motifs is 1. The standard InChI is InChI=1S/C9H9BrOS/c10-8-3-1-2-6-7(8)4-12-5-9(6)11/h1-3,9,11H,4-5H2. The highest BCUT2D eigenvalue weighted by Crippen LogP contribution is 2.35. The summed E-state index contributed by atoms with van der Waals surface area (Å²) in [5.74, 6) is 1.83. The van der Waals surface area contributed by atoms with Gasteiger partial charge in [0.05, 0.1) is 6.10 Å². The Balaban J connectivity index is 2.52. The van der Waals surface area contributed by atoms with E-state index in [-0.39, 0.29) is 6.10 Å². The van der Waals surface area contributed by atoms with E-state index >= 15 is 0 Å². The van der Waals surface area contributed by atoms with Crippen LogP contribution in [0.25, 0.3) is 0 Å². The smallest absolute Gasteiger partial charge is 0.0883 e. The molecule has 1 aliphatic rings. The first-order valence-corrected chi connectivity index (χ1v) is 5.77. The quantitative estimate of drug-likeness (QED) is 0.758. The van der Waals surface area contributed by atoms with Gasteiger partial charge in [0.15, 0.2) is 0 Å². The molecule has 3 heteroatoms. The lowest BCUT2D eigenvalue weighted by Gasteiger charge is -2.21. The van der Waals surface area contributed by atoms with Gasteiger partial charge in [0.1, 0.15) is 0 Å². The van der Waals surface area contributed by atoms with Gasteiger partial charge in [-0.3, -0.25) is 0 Å². The largest absolute Gasteiger partial charge is 0.388 e. The summed E-state index contributed by atoms with van der Waals surface area (Å²) in [7, 11) is 0. The molecule has 0 aliphatic carbocycles. The number of hydrogen-bond donors (Lipinski definition) is 1. The molecule has 0 bridgehead atoms. The molecule has 2 rings (SSSR count). The fraction of sp³-hybridized carbons (Fsp3) is 0.333. The van der Waals surface area contributed by atoms with E-state index in [4.69, 9.17) is 0 Å². The Labute approximate surface area is 84.3 Å². The highest BCUT2D eigenvalue weighted by Gasteiger charge is 2.19. The van der Waals surface area contributed by atoms with Gasteiger partial charge in [0.2, 0.25) is 0 Å².